The summed E-state index contributed by atoms with van der Waals surface area (Å²) in [5.41, 5.74) is 4.75. The van der Waals surface area contributed by atoms with E-state index in [1.165, 1.54) is 5.56 Å². The lowest BCUT2D eigenvalue weighted by Gasteiger charge is -2.45. The molecule has 0 aromatic heterocycles. The van der Waals surface area contributed by atoms with Crippen molar-refractivity contribution in [1.29, 1.82) is 0 Å². The molecule has 1 aromatic rings. The Bertz CT molecular complexity index is 931. The summed E-state index contributed by atoms with van der Waals surface area (Å²) in [5.74, 6) is 0.784. The Balaban J connectivity index is 2.73. The molecule has 1 aromatic carbocycles. The minimum atomic E-state index is -0.167. The summed E-state index contributed by atoms with van der Waals surface area (Å²) in [5, 5.41) is 22.7. The minimum absolute atomic E-state index is 0.0260. The van der Waals surface area contributed by atoms with Crippen molar-refractivity contribution in [2.24, 2.45) is 16.2 Å². The van der Waals surface area contributed by atoms with Crippen LogP contribution >= 0.6 is 0 Å². The Kier molecular flexibility index (Phi) is 6.60. The Morgan fingerprint density at radius 2 is 1.31 bits per heavy atom. The molecule has 1 atom stereocenters. The van der Waals surface area contributed by atoms with Crippen LogP contribution in [0.15, 0.2) is 35.1 Å². The van der Waals surface area contributed by atoms with E-state index < -0.39 is 0 Å². The molecular formula is C30H48O2. The molecule has 2 nitrogen and oxygen atoms in total. The fourth-order valence-corrected chi connectivity index (χ4v) is 4.42. The van der Waals surface area contributed by atoms with Gasteiger partial charge in [0.1, 0.15) is 11.5 Å². The van der Waals surface area contributed by atoms with Crippen LogP contribution in [0.4, 0.5) is 0 Å². The van der Waals surface area contributed by atoms with Crippen LogP contribution in [0, 0.1) is 16.2 Å². The Morgan fingerprint density at radius 1 is 0.781 bits per heavy atom. The van der Waals surface area contributed by atoms with Crippen molar-refractivity contribution in [3.05, 3.63) is 51.8 Å². The predicted octanol–water partition coefficient (Wildman–Crippen LogP) is 8.77. The molecule has 32 heavy (non-hydrogen) atoms. The molecule has 0 saturated heterocycles. The third kappa shape index (κ3) is 5.26. The Morgan fingerprint density at radius 3 is 1.72 bits per heavy atom. The van der Waals surface area contributed by atoms with Crippen molar-refractivity contribution in [1.82, 2.24) is 0 Å². The molecule has 0 amide bonds. The number of aromatic hydroxyl groups is 1. The second-order valence-electron chi connectivity index (χ2n) is 14.3. The number of aliphatic hydroxyl groups is 1. The fourth-order valence-electron chi connectivity index (χ4n) is 4.42. The number of phenolic OH excluding ortho intramolecular Hbond substituents is 1. The molecule has 1 unspecified atom stereocenters. The van der Waals surface area contributed by atoms with Crippen molar-refractivity contribution in [3.8, 4) is 5.75 Å². The molecule has 180 valence electrons. The Labute approximate surface area is 197 Å². The summed E-state index contributed by atoms with van der Waals surface area (Å²) >= 11 is 0. The zero-order valence-corrected chi connectivity index (χ0v) is 23.0. The maximum atomic E-state index is 11.4. The van der Waals surface area contributed by atoms with Gasteiger partial charge < -0.3 is 10.2 Å². The van der Waals surface area contributed by atoms with Crippen LogP contribution in [0.5, 0.6) is 5.75 Å². The Hall–Kier alpha value is -1.70. The van der Waals surface area contributed by atoms with Gasteiger partial charge in [0.2, 0.25) is 0 Å². The highest BCUT2D eigenvalue weighted by Crippen LogP contribution is 2.52. The van der Waals surface area contributed by atoms with E-state index in [4.69, 9.17) is 0 Å². The lowest BCUT2D eigenvalue weighted by molar-refractivity contribution is 0.155. The summed E-state index contributed by atoms with van der Waals surface area (Å²) in [4.78, 5) is 0. The highest BCUT2D eigenvalue weighted by molar-refractivity contribution is 5.51. The molecule has 0 bridgehead atoms. The molecular weight excluding hydrogens is 392 g/mol. The zero-order valence-electron chi connectivity index (χ0n) is 23.0. The molecule has 2 N–H and O–H groups in total. The van der Waals surface area contributed by atoms with Crippen LogP contribution in [0.25, 0.3) is 0 Å². The van der Waals surface area contributed by atoms with Gasteiger partial charge in [0.05, 0.1) is 0 Å². The molecule has 1 aliphatic rings. The molecule has 0 aliphatic heterocycles. The van der Waals surface area contributed by atoms with E-state index in [2.05, 4.69) is 108 Å². The van der Waals surface area contributed by atoms with E-state index in [0.717, 1.165) is 28.7 Å². The fraction of sp³-hybridized carbons (Fsp3) is 0.667. The van der Waals surface area contributed by atoms with Gasteiger partial charge in [-0.2, -0.15) is 0 Å². The van der Waals surface area contributed by atoms with Crippen LogP contribution in [-0.4, -0.2) is 10.2 Å². The van der Waals surface area contributed by atoms with Gasteiger partial charge in [0.15, 0.2) is 0 Å². The van der Waals surface area contributed by atoms with Crippen LogP contribution in [-0.2, 0) is 17.3 Å². The number of rotatable bonds is 2. The van der Waals surface area contributed by atoms with Crippen molar-refractivity contribution in [3.63, 3.8) is 0 Å². The van der Waals surface area contributed by atoms with Crippen molar-refractivity contribution >= 4 is 0 Å². The normalized spacial score (nSPS) is 21.1. The van der Waals surface area contributed by atoms with Gasteiger partial charge in [0, 0.05) is 6.42 Å². The average molecular weight is 441 g/mol. The SMILES string of the molecule is CC(C)(C)C1=CC(C)(C(C)(C)C)CC(Cc2cc(C(C)(C)C)cc(C(C)(C)C)c2O)=C1O. The molecule has 2 rings (SSSR count). The van der Waals surface area contributed by atoms with E-state index in [-0.39, 0.29) is 27.1 Å². The molecule has 0 spiro atoms. The first-order valence-corrected chi connectivity index (χ1v) is 12.1. The van der Waals surface area contributed by atoms with E-state index in [9.17, 15) is 10.2 Å². The van der Waals surface area contributed by atoms with Crippen molar-refractivity contribution in [2.45, 2.75) is 114 Å². The third-order valence-corrected chi connectivity index (χ3v) is 7.42. The molecule has 0 saturated carbocycles. The summed E-state index contributed by atoms with van der Waals surface area (Å²) in [6.07, 6.45) is 3.65. The largest absolute Gasteiger partial charge is 0.508 e. The van der Waals surface area contributed by atoms with Gasteiger partial charge >= 0.3 is 0 Å². The number of allylic oxidation sites excluding steroid dienone is 3. The smallest absolute Gasteiger partial charge is 0.122 e. The van der Waals surface area contributed by atoms with Gasteiger partial charge in [-0.15, -0.1) is 0 Å². The van der Waals surface area contributed by atoms with Gasteiger partial charge in [-0.05, 0) is 61.3 Å². The standard InChI is InChI=1S/C30H48O2/c1-26(2,3)21-15-19(24(31)22(16-21)27(4,5)6)14-20-17-30(13,29(10,11)12)18-23(25(20)32)28(7,8)9/h15-16,18,31-32H,14,17H2,1-13H3. The van der Waals surface area contributed by atoms with Gasteiger partial charge in [0.25, 0.3) is 0 Å². The van der Waals surface area contributed by atoms with Crippen LogP contribution in [0.2, 0.25) is 0 Å². The maximum Gasteiger partial charge on any atom is 0.122 e. The first-order chi connectivity index (χ1) is 14.1. The van der Waals surface area contributed by atoms with Gasteiger partial charge in [-0.1, -0.05) is 108 Å². The predicted molar refractivity (Wildman–Crippen MR) is 139 cm³/mol. The highest BCUT2D eigenvalue weighted by atomic mass is 16.3. The zero-order chi connectivity index (χ0) is 25.1. The van der Waals surface area contributed by atoms with Crippen molar-refractivity contribution < 1.29 is 10.2 Å². The lowest BCUT2D eigenvalue weighted by Crippen LogP contribution is -2.36. The average Bonchev–Trinajstić information content (AvgIpc) is 2.55. The van der Waals surface area contributed by atoms with Gasteiger partial charge in [-0.3, -0.25) is 0 Å². The van der Waals surface area contributed by atoms with Crippen LogP contribution in [0.1, 0.15) is 113 Å². The molecule has 0 fully saturated rings. The number of aliphatic hydroxyl groups excluding tert-OH is 1. The maximum absolute atomic E-state index is 11.4. The molecule has 0 radical (unpaired) electrons. The number of benzene rings is 1. The van der Waals surface area contributed by atoms with E-state index in [1.807, 2.05) is 0 Å². The third-order valence-electron chi connectivity index (χ3n) is 7.42. The number of hydrogen-bond donors (Lipinski definition) is 2. The summed E-state index contributed by atoms with van der Waals surface area (Å²) < 4.78 is 0. The van der Waals surface area contributed by atoms with E-state index >= 15 is 0 Å². The summed E-state index contributed by atoms with van der Waals surface area (Å²) in [6, 6.07) is 4.31. The first-order valence-electron chi connectivity index (χ1n) is 12.1. The minimum Gasteiger partial charge on any atom is -0.508 e. The van der Waals surface area contributed by atoms with Crippen molar-refractivity contribution in [2.75, 3.05) is 0 Å². The second kappa shape index (κ2) is 7.96. The van der Waals surface area contributed by atoms with Crippen LogP contribution in [0.3, 0.4) is 0 Å². The number of hydrogen-bond acceptors (Lipinski definition) is 2. The summed E-state index contributed by atoms with van der Waals surface area (Å²) in [6.45, 7) is 28.7. The second-order valence-corrected chi connectivity index (χ2v) is 14.3. The summed E-state index contributed by atoms with van der Waals surface area (Å²) in [7, 11) is 0. The molecule has 1 aliphatic carbocycles. The van der Waals surface area contributed by atoms with E-state index in [0.29, 0.717) is 17.9 Å². The monoisotopic (exact) mass is 440 g/mol. The first kappa shape index (κ1) is 26.6. The van der Waals surface area contributed by atoms with Gasteiger partial charge in [-0.25, -0.2) is 0 Å². The molecule has 2 heteroatoms. The van der Waals surface area contributed by atoms with E-state index in [1.54, 1.807) is 0 Å². The number of phenols is 1. The molecule has 0 heterocycles. The highest BCUT2D eigenvalue weighted by Gasteiger charge is 2.42. The lowest BCUT2D eigenvalue weighted by atomic mass is 9.59. The topological polar surface area (TPSA) is 40.5 Å². The van der Waals surface area contributed by atoms with Crippen LogP contribution < -0.4 is 0 Å². The quantitative estimate of drug-likeness (QED) is 0.482.